The Kier molecular flexibility index (Phi) is 9.22. The Morgan fingerprint density at radius 3 is 2.35 bits per heavy atom. The van der Waals surface area contributed by atoms with Crippen molar-refractivity contribution in [1.82, 2.24) is 5.32 Å². The summed E-state index contributed by atoms with van der Waals surface area (Å²) in [5, 5.41) is 4.73. The average Bonchev–Trinajstić information content (AvgIpc) is 2.81. The van der Waals surface area contributed by atoms with E-state index in [1.54, 1.807) is 24.3 Å². The number of rotatable bonds is 12. The Hall–Kier alpha value is -3.19. The van der Waals surface area contributed by atoms with Crippen LogP contribution in [0.2, 0.25) is 0 Å². The van der Waals surface area contributed by atoms with Crippen LogP contribution in [0.1, 0.15) is 12.0 Å². The normalized spacial score (nSPS) is 12.2. The van der Waals surface area contributed by atoms with E-state index in [1.165, 1.54) is 0 Å². The summed E-state index contributed by atoms with van der Waals surface area (Å²) in [6, 6.07) is 22.6. The topological polar surface area (TPSA) is 122 Å². The Balaban J connectivity index is 1.38. The van der Waals surface area contributed by atoms with E-state index in [0.29, 0.717) is 5.75 Å². The van der Waals surface area contributed by atoms with Gasteiger partial charge in [-0.15, -0.1) is 0 Å². The predicted octanol–water partition coefficient (Wildman–Crippen LogP) is 3.30. The zero-order valence-electron chi connectivity index (χ0n) is 18.6. The molecule has 0 aliphatic heterocycles. The predicted molar refractivity (Wildman–Crippen MR) is 129 cm³/mol. The smallest absolute Gasteiger partial charge is 0.326 e. The average molecular weight is 485 g/mol. The minimum Gasteiger partial charge on any atom is -0.490 e. The van der Waals surface area contributed by atoms with Crippen molar-refractivity contribution < 1.29 is 33.4 Å². The van der Waals surface area contributed by atoms with Crippen LogP contribution in [0.4, 0.5) is 0 Å². The zero-order valence-corrected chi connectivity index (χ0v) is 19.5. The van der Waals surface area contributed by atoms with E-state index in [9.17, 15) is 23.9 Å². The quantitative estimate of drug-likeness (QED) is 0.204. The van der Waals surface area contributed by atoms with Gasteiger partial charge in [0, 0.05) is 6.54 Å². The standard InChI is InChI=1S/C25H28NO7P/c27-24(33-15-14-32-23-11-10-20-8-4-5-9-21(20)17-23)12-13-26-25(28)22(18-34(29,30)31)16-19-6-2-1-3-7-19/h1-11,17,22H,12-16,18H2,(H,26,28)(H2,29,30,31). The molecule has 3 N–H and O–H groups in total. The van der Waals surface area contributed by atoms with Gasteiger partial charge in [0.05, 0.1) is 18.5 Å². The van der Waals surface area contributed by atoms with Gasteiger partial charge < -0.3 is 24.6 Å². The second-order valence-corrected chi connectivity index (χ2v) is 9.55. The molecule has 0 fully saturated rings. The number of carbonyl (C=O) groups excluding carboxylic acids is 2. The SMILES string of the molecule is O=C(CCNC(=O)C(Cc1ccccc1)CP(=O)(O)O)OCCOc1ccc2ccccc2c1. The molecule has 0 bridgehead atoms. The lowest BCUT2D eigenvalue weighted by atomic mass is 10.0. The highest BCUT2D eigenvalue weighted by molar-refractivity contribution is 7.51. The van der Waals surface area contributed by atoms with Crippen molar-refractivity contribution in [1.29, 1.82) is 0 Å². The van der Waals surface area contributed by atoms with Crippen molar-refractivity contribution in [2.75, 3.05) is 25.9 Å². The van der Waals surface area contributed by atoms with Crippen LogP contribution >= 0.6 is 7.60 Å². The number of amides is 1. The van der Waals surface area contributed by atoms with E-state index >= 15 is 0 Å². The van der Waals surface area contributed by atoms with Crippen LogP contribution in [0.3, 0.4) is 0 Å². The van der Waals surface area contributed by atoms with Crippen molar-refractivity contribution in [3.63, 3.8) is 0 Å². The molecule has 3 aromatic rings. The number of hydrogen-bond donors (Lipinski definition) is 3. The van der Waals surface area contributed by atoms with Crippen molar-refractivity contribution in [3.05, 3.63) is 78.4 Å². The lowest BCUT2D eigenvalue weighted by molar-refractivity contribution is -0.144. The van der Waals surface area contributed by atoms with Gasteiger partial charge in [-0.3, -0.25) is 14.2 Å². The van der Waals surface area contributed by atoms with Gasteiger partial charge in [-0.25, -0.2) is 0 Å². The third-order valence-corrected chi connectivity index (χ3v) is 6.03. The molecule has 180 valence electrons. The summed E-state index contributed by atoms with van der Waals surface area (Å²) in [5.74, 6) is -1.25. The Labute approximate surface area is 198 Å². The van der Waals surface area contributed by atoms with E-state index in [2.05, 4.69) is 5.32 Å². The molecule has 0 saturated heterocycles. The van der Waals surface area contributed by atoms with E-state index in [0.717, 1.165) is 16.3 Å². The van der Waals surface area contributed by atoms with E-state index in [4.69, 9.17) is 9.47 Å². The van der Waals surface area contributed by atoms with Crippen molar-refractivity contribution in [3.8, 4) is 5.75 Å². The van der Waals surface area contributed by atoms with E-state index in [1.807, 2.05) is 48.5 Å². The van der Waals surface area contributed by atoms with Crippen molar-refractivity contribution >= 4 is 30.2 Å². The molecular weight excluding hydrogens is 457 g/mol. The Morgan fingerprint density at radius 1 is 0.912 bits per heavy atom. The van der Waals surface area contributed by atoms with Gasteiger partial charge in [-0.05, 0) is 34.9 Å². The molecule has 0 aliphatic carbocycles. The van der Waals surface area contributed by atoms with Gasteiger partial charge in [0.25, 0.3) is 0 Å². The van der Waals surface area contributed by atoms with Crippen LogP contribution in [0.25, 0.3) is 10.8 Å². The third kappa shape index (κ3) is 8.63. The van der Waals surface area contributed by atoms with Crippen LogP contribution in [0, 0.1) is 5.92 Å². The summed E-state index contributed by atoms with van der Waals surface area (Å²) < 4.78 is 22.2. The van der Waals surface area contributed by atoms with Crippen molar-refractivity contribution in [2.24, 2.45) is 5.92 Å². The highest BCUT2D eigenvalue weighted by Gasteiger charge is 2.27. The molecule has 34 heavy (non-hydrogen) atoms. The maximum absolute atomic E-state index is 12.5. The molecule has 0 heterocycles. The maximum atomic E-state index is 12.5. The highest BCUT2D eigenvalue weighted by atomic mass is 31.2. The molecule has 0 aromatic heterocycles. The highest BCUT2D eigenvalue weighted by Crippen LogP contribution is 2.37. The monoisotopic (exact) mass is 485 g/mol. The minimum atomic E-state index is -4.39. The molecular formula is C25H28NO7P. The first-order chi connectivity index (χ1) is 16.3. The van der Waals surface area contributed by atoms with Gasteiger partial charge in [0.15, 0.2) is 0 Å². The number of esters is 1. The molecule has 3 rings (SSSR count). The first kappa shape index (κ1) is 25.4. The second kappa shape index (κ2) is 12.3. The molecule has 8 nitrogen and oxygen atoms in total. The number of carbonyl (C=O) groups is 2. The largest absolute Gasteiger partial charge is 0.490 e. The van der Waals surface area contributed by atoms with Crippen LogP contribution in [-0.4, -0.2) is 47.6 Å². The Bertz CT molecular complexity index is 1150. The number of benzene rings is 3. The molecule has 3 aromatic carbocycles. The lowest BCUT2D eigenvalue weighted by Crippen LogP contribution is -2.35. The van der Waals surface area contributed by atoms with Gasteiger partial charge in [0.2, 0.25) is 5.91 Å². The number of hydrogen-bond acceptors (Lipinski definition) is 5. The second-order valence-electron chi connectivity index (χ2n) is 7.85. The van der Waals surface area contributed by atoms with Crippen LogP contribution in [0.15, 0.2) is 72.8 Å². The lowest BCUT2D eigenvalue weighted by Gasteiger charge is -2.17. The van der Waals surface area contributed by atoms with Gasteiger partial charge in [-0.1, -0.05) is 60.7 Å². The van der Waals surface area contributed by atoms with Crippen LogP contribution in [-0.2, 0) is 25.3 Å². The molecule has 0 aliphatic rings. The molecule has 9 heteroatoms. The van der Waals surface area contributed by atoms with Gasteiger partial charge >= 0.3 is 13.6 Å². The van der Waals surface area contributed by atoms with E-state index < -0.39 is 31.6 Å². The van der Waals surface area contributed by atoms with Crippen LogP contribution < -0.4 is 10.1 Å². The summed E-state index contributed by atoms with van der Waals surface area (Å²) in [6.45, 7) is 0.266. The first-order valence-corrected chi connectivity index (χ1v) is 12.7. The van der Waals surface area contributed by atoms with Gasteiger partial charge in [0.1, 0.15) is 19.0 Å². The third-order valence-electron chi connectivity index (χ3n) is 5.12. The van der Waals surface area contributed by atoms with E-state index in [-0.39, 0.29) is 32.6 Å². The summed E-state index contributed by atoms with van der Waals surface area (Å²) in [5.41, 5.74) is 0.793. The minimum absolute atomic E-state index is 0.00957. The summed E-state index contributed by atoms with van der Waals surface area (Å²) >= 11 is 0. The van der Waals surface area contributed by atoms with Gasteiger partial charge in [-0.2, -0.15) is 0 Å². The van der Waals surface area contributed by atoms with Crippen LogP contribution in [0.5, 0.6) is 5.75 Å². The molecule has 0 spiro atoms. The Morgan fingerprint density at radius 2 is 1.62 bits per heavy atom. The van der Waals surface area contributed by atoms with Crippen molar-refractivity contribution in [2.45, 2.75) is 12.8 Å². The molecule has 1 unspecified atom stereocenters. The summed E-state index contributed by atoms with van der Waals surface area (Å²) in [4.78, 5) is 43.1. The zero-order chi connectivity index (χ0) is 24.4. The summed E-state index contributed by atoms with van der Waals surface area (Å²) in [7, 11) is -4.39. The maximum Gasteiger partial charge on any atom is 0.326 e. The number of nitrogens with one attached hydrogen (secondary N) is 1. The molecule has 1 amide bonds. The fourth-order valence-electron chi connectivity index (χ4n) is 3.50. The molecule has 0 radical (unpaired) electrons. The first-order valence-electron chi connectivity index (χ1n) is 10.9. The fraction of sp³-hybridized carbons (Fsp3) is 0.280. The molecule has 1 atom stereocenters. The molecule has 0 saturated carbocycles. The fourth-order valence-corrected chi connectivity index (χ4v) is 4.37. The number of fused-ring (bicyclic) bond motifs is 1. The number of ether oxygens (including phenoxy) is 2. The summed E-state index contributed by atoms with van der Waals surface area (Å²) in [6.07, 6.45) is -0.436.